The molecule has 0 bridgehead atoms. The van der Waals surface area contributed by atoms with Gasteiger partial charge in [-0.15, -0.1) is 0 Å². The summed E-state index contributed by atoms with van der Waals surface area (Å²) in [5.41, 5.74) is 1.44. The molecule has 0 saturated carbocycles. The molecule has 1 aromatic carbocycles. The molecule has 5 rings (SSSR count). The number of rotatable bonds is 6. The molecule has 0 radical (unpaired) electrons. The highest BCUT2D eigenvalue weighted by molar-refractivity contribution is 5.91. The van der Waals surface area contributed by atoms with E-state index in [-0.39, 0.29) is 13.0 Å². The van der Waals surface area contributed by atoms with E-state index in [2.05, 4.69) is 5.16 Å². The molecular weight excluding hydrogens is 450 g/mol. The SMILES string of the molecule is CC1(C)O[C@@H]2[C@H](O1)[C@H](COCc1ccccc1)O[C@@H]2C1=NO[C@@]2(C1)O[C@H](CO)[C@@H](O)[C@H](O)[C@@H]2O. The van der Waals surface area contributed by atoms with Gasteiger partial charge >= 0.3 is 0 Å². The van der Waals surface area contributed by atoms with E-state index >= 15 is 0 Å². The van der Waals surface area contributed by atoms with E-state index in [0.29, 0.717) is 12.3 Å². The van der Waals surface area contributed by atoms with Crippen LogP contribution >= 0.6 is 0 Å². The lowest BCUT2D eigenvalue weighted by atomic mass is 9.88. The second-order valence-electron chi connectivity index (χ2n) is 9.59. The number of fused-ring (bicyclic) bond motifs is 1. The Bertz CT molecular complexity index is 895. The van der Waals surface area contributed by atoms with Crippen molar-refractivity contribution in [2.75, 3.05) is 13.2 Å². The number of benzene rings is 1. The topological polar surface area (TPSA) is 149 Å². The van der Waals surface area contributed by atoms with Gasteiger partial charge in [-0.25, -0.2) is 0 Å². The van der Waals surface area contributed by atoms with Crippen molar-refractivity contribution >= 4 is 5.71 Å². The lowest BCUT2D eigenvalue weighted by Gasteiger charge is -2.44. The Morgan fingerprint density at radius 3 is 2.47 bits per heavy atom. The Kier molecular flexibility index (Phi) is 6.42. The molecule has 1 aromatic rings. The Balaban J connectivity index is 1.28. The van der Waals surface area contributed by atoms with Gasteiger partial charge in [-0.3, -0.25) is 0 Å². The van der Waals surface area contributed by atoms with Crippen molar-refractivity contribution in [1.82, 2.24) is 0 Å². The third-order valence-electron chi connectivity index (χ3n) is 6.65. The first-order valence-electron chi connectivity index (χ1n) is 11.4. The van der Waals surface area contributed by atoms with Gasteiger partial charge in [0, 0.05) is 0 Å². The molecule has 11 nitrogen and oxygen atoms in total. The average Bonchev–Trinajstić information content (AvgIpc) is 3.48. The molecule has 11 heteroatoms. The van der Waals surface area contributed by atoms with Gasteiger partial charge in [-0.1, -0.05) is 35.5 Å². The van der Waals surface area contributed by atoms with Crippen molar-refractivity contribution in [3.63, 3.8) is 0 Å². The fourth-order valence-corrected chi connectivity index (χ4v) is 4.99. The van der Waals surface area contributed by atoms with Gasteiger partial charge < -0.3 is 48.9 Å². The number of hydrogen-bond donors (Lipinski definition) is 4. The molecule has 3 fully saturated rings. The second kappa shape index (κ2) is 9.08. The molecule has 0 aliphatic carbocycles. The maximum Gasteiger partial charge on any atom is 0.271 e. The zero-order chi connectivity index (χ0) is 24.1. The Morgan fingerprint density at radius 1 is 1.00 bits per heavy atom. The molecule has 9 atom stereocenters. The molecule has 4 aliphatic rings. The van der Waals surface area contributed by atoms with Crippen molar-refractivity contribution in [3.05, 3.63) is 35.9 Å². The van der Waals surface area contributed by atoms with Crippen molar-refractivity contribution in [3.8, 4) is 0 Å². The van der Waals surface area contributed by atoms with E-state index in [1.54, 1.807) is 0 Å². The summed E-state index contributed by atoms with van der Waals surface area (Å²) in [5.74, 6) is -2.59. The number of ether oxygens (including phenoxy) is 5. The van der Waals surface area contributed by atoms with Crippen molar-refractivity contribution < 1.29 is 48.9 Å². The maximum absolute atomic E-state index is 10.6. The number of aliphatic hydroxyl groups is 4. The van der Waals surface area contributed by atoms with Gasteiger partial charge in [0.15, 0.2) is 11.9 Å². The summed E-state index contributed by atoms with van der Waals surface area (Å²) in [5, 5.41) is 44.5. The third kappa shape index (κ3) is 4.25. The number of hydrogen-bond acceptors (Lipinski definition) is 11. The van der Waals surface area contributed by atoms with E-state index in [4.69, 9.17) is 28.5 Å². The molecule has 4 N–H and O–H groups in total. The lowest BCUT2D eigenvalue weighted by Crippen LogP contribution is -2.65. The van der Waals surface area contributed by atoms with Gasteiger partial charge in [0.1, 0.15) is 42.7 Å². The summed E-state index contributed by atoms with van der Waals surface area (Å²) in [4.78, 5) is 5.47. The first-order chi connectivity index (χ1) is 16.2. The van der Waals surface area contributed by atoms with Crippen molar-refractivity contribution in [2.24, 2.45) is 5.16 Å². The minimum Gasteiger partial charge on any atom is -0.394 e. The molecule has 0 aromatic heterocycles. The molecule has 0 unspecified atom stereocenters. The zero-order valence-electron chi connectivity index (χ0n) is 19.0. The molecule has 188 valence electrons. The standard InChI is InChI=1S/C23H31NO10/c1-22(2)32-19-15(11-29-10-12-6-4-3-5-7-12)30-18(20(19)33-22)13-8-23(34-24-13)21(28)17(27)16(26)14(9-25)31-23/h3-7,14-21,25-28H,8-11H2,1-2H3/t14-,15+,16-,17+,18-,19-,20+,21+,23-/m1/s1. The third-order valence-corrected chi connectivity index (χ3v) is 6.65. The minimum atomic E-state index is -1.75. The first-order valence-corrected chi connectivity index (χ1v) is 11.4. The van der Waals surface area contributed by atoms with Crippen molar-refractivity contribution in [2.45, 2.75) is 87.3 Å². The monoisotopic (exact) mass is 481 g/mol. The van der Waals surface area contributed by atoms with Crippen LogP contribution in [0.15, 0.2) is 35.5 Å². The highest BCUT2D eigenvalue weighted by Gasteiger charge is 2.62. The van der Waals surface area contributed by atoms with Gasteiger partial charge in [0.25, 0.3) is 5.79 Å². The van der Waals surface area contributed by atoms with Crippen LogP contribution in [0.2, 0.25) is 0 Å². The average molecular weight is 481 g/mol. The van der Waals surface area contributed by atoms with E-state index in [1.807, 2.05) is 44.2 Å². The molecule has 34 heavy (non-hydrogen) atoms. The van der Waals surface area contributed by atoms with Gasteiger partial charge in [-0.2, -0.15) is 0 Å². The molecule has 0 amide bonds. The van der Waals surface area contributed by atoms with Gasteiger partial charge in [-0.05, 0) is 19.4 Å². The number of nitrogens with zero attached hydrogens (tertiary/aromatic N) is 1. The Morgan fingerprint density at radius 2 is 1.74 bits per heavy atom. The maximum atomic E-state index is 10.6. The van der Waals surface area contributed by atoms with Crippen LogP contribution in [0.4, 0.5) is 0 Å². The van der Waals surface area contributed by atoms with Crippen LogP contribution in [0.1, 0.15) is 25.8 Å². The van der Waals surface area contributed by atoms with Crippen LogP contribution in [-0.2, 0) is 35.1 Å². The number of aliphatic hydroxyl groups excluding tert-OH is 4. The normalized spacial score (nSPS) is 43.1. The Hall–Kier alpha value is -1.67. The summed E-state index contributed by atoms with van der Waals surface area (Å²) < 4.78 is 30.0. The first kappa shape index (κ1) is 24.0. The van der Waals surface area contributed by atoms with Crippen LogP contribution in [0, 0.1) is 0 Å². The smallest absolute Gasteiger partial charge is 0.271 e. The van der Waals surface area contributed by atoms with E-state index in [9.17, 15) is 20.4 Å². The molecular formula is C23H31NO10. The van der Waals surface area contributed by atoms with Crippen LogP contribution in [0.25, 0.3) is 0 Å². The molecule has 4 aliphatic heterocycles. The Labute approximate surface area is 196 Å². The second-order valence-corrected chi connectivity index (χ2v) is 9.59. The largest absolute Gasteiger partial charge is 0.394 e. The fraction of sp³-hybridized carbons (Fsp3) is 0.696. The fourth-order valence-electron chi connectivity index (χ4n) is 4.99. The van der Waals surface area contributed by atoms with Crippen LogP contribution in [0.5, 0.6) is 0 Å². The lowest BCUT2D eigenvalue weighted by molar-refractivity contribution is -0.355. The summed E-state index contributed by atoms with van der Waals surface area (Å²) in [7, 11) is 0. The highest BCUT2D eigenvalue weighted by atomic mass is 16.8. The minimum absolute atomic E-state index is 0.0519. The van der Waals surface area contributed by atoms with E-state index in [1.165, 1.54) is 0 Å². The summed E-state index contributed by atoms with van der Waals surface area (Å²) in [6.45, 7) is 3.75. The molecule has 1 spiro atoms. The summed E-state index contributed by atoms with van der Waals surface area (Å²) in [6, 6.07) is 9.78. The van der Waals surface area contributed by atoms with E-state index in [0.717, 1.165) is 5.56 Å². The van der Waals surface area contributed by atoms with Gasteiger partial charge in [0.05, 0.1) is 32.0 Å². The quantitative estimate of drug-likeness (QED) is 0.416. The molecule has 3 saturated heterocycles. The van der Waals surface area contributed by atoms with Crippen LogP contribution in [0.3, 0.4) is 0 Å². The van der Waals surface area contributed by atoms with Gasteiger partial charge in [0.2, 0.25) is 0 Å². The van der Waals surface area contributed by atoms with Crippen LogP contribution in [-0.4, -0.2) is 99.8 Å². The highest BCUT2D eigenvalue weighted by Crippen LogP contribution is 2.44. The summed E-state index contributed by atoms with van der Waals surface area (Å²) >= 11 is 0. The van der Waals surface area contributed by atoms with E-state index < -0.39 is 67.0 Å². The van der Waals surface area contributed by atoms with Crippen LogP contribution < -0.4 is 0 Å². The van der Waals surface area contributed by atoms with Crippen molar-refractivity contribution in [1.29, 1.82) is 0 Å². The predicted molar refractivity (Wildman–Crippen MR) is 114 cm³/mol. The zero-order valence-corrected chi connectivity index (χ0v) is 19.0. The molecule has 4 heterocycles. The number of oxime groups is 1. The summed E-state index contributed by atoms with van der Waals surface area (Å²) in [6.07, 6.45) is -7.85. The predicted octanol–water partition coefficient (Wildman–Crippen LogP) is -0.563.